The predicted octanol–water partition coefficient (Wildman–Crippen LogP) is 4.88. The third kappa shape index (κ3) is 5.92. The Morgan fingerprint density at radius 1 is 1.00 bits per heavy atom. The summed E-state index contributed by atoms with van der Waals surface area (Å²) in [6.45, 7) is 0.161. The van der Waals surface area contributed by atoms with Gasteiger partial charge in [-0.25, -0.2) is 14.0 Å². The molecule has 4 aromatic rings. The third-order valence-electron chi connectivity index (χ3n) is 6.56. The van der Waals surface area contributed by atoms with Crippen molar-refractivity contribution in [2.75, 3.05) is 11.9 Å². The molecule has 10 nitrogen and oxygen atoms in total. The van der Waals surface area contributed by atoms with Crippen LogP contribution in [0.2, 0.25) is 0 Å². The number of pyridine rings is 1. The van der Waals surface area contributed by atoms with E-state index in [4.69, 9.17) is 16.6 Å². The average Bonchev–Trinajstić information content (AvgIpc) is 3.58. The van der Waals surface area contributed by atoms with E-state index in [0.717, 1.165) is 6.07 Å². The van der Waals surface area contributed by atoms with Gasteiger partial charge in [0.15, 0.2) is 5.11 Å². The van der Waals surface area contributed by atoms with Crippen LogP contribution in [-0.2, 0) is 4.79 Å². The Bertz CT molecular complexity index is 1610. The zero-order chi connectivity index (χ0) is 29.1. The molecule has 0 radical (unpaired) electrons. The molecule has 1 fully saturated rings. The van der Waals surface area contributed by atoms with Crippen LogP contribution in [0.5, 0.6) is 0 Å². The monoisotopic (exact) mass is 574 g/mol. The number of hydrogen-bond donors (Lipinski definition) is 4. The van der Waals surface area contributed by atoms with E-state index in [1.54, 1.807) is 35.4 Å². The number of amides is 1. The minimum atomic E-state index is -1.28. The lowest BCUT2D eigenvalue weighted by Crippen LogP contribution is -2.32. The molecule has 41 heavy (non-hydrogen) atoms. The average molecular weight is 575 g/mol. The molecule has 2 atom stereocenters. The number of thiocarbonyl (C=S) groups is 1. The summed E-state index contributed by atoms with van der Waals surface area (Å²) in [5.74, 6) is -2.84. The van der Waals surface area contributed by atoms with Crippen molar-refractivity contribution in [2.24, 2.45) is 0 Å². The van der Waals surface area contributed by atoms with Crippen LogP contribution in [0, 0.1) is 5.82 Å². The number of carbonyl (C=O) groups is 3. The number of halogens is 1. The number of rotatable bonds is 9. The molecule has 1 saturated heterocycles. The van der Waals surface area contributed by atoms with Crippen molar-refractivity contribution in [3.8, 4) is 11.3 Å². The smallest absolute Gasteiger partial charge is 0.335 e. The number of anilines is 1. The van der Waals surface area contributed by atoms with E-state index in [2.05, 4.69) is 15.6 Å². The zero-order valence-electron chi connectivity index (χ0n) is 21.3. The van der Waals surface area contributed by atoms with Crippen LogP contribution in [0.4, 0.5) is 10.1 Å². The first-order valence-corrected chi connectivity index (χ1v) is 12.9. The molecule has 5 rings (SSSR count). The molecule has 3 heterocycles. The molecule has 0 saturated carbocycles. The number of hydrogen-bond acceptors (Lipinski definition) is 6. The molecular formula is C29H23FN4O6S. The van der Waals surface area contributed by atoms with Crippen molar-refractivity contribution < 1.29 is 33.4 Å². The van der Waals surface area contributed by atoms with Crippen molar-refractivity contribution in [3.05, 3.63) is 107 Å². The van der Waals surface area contributed by atoms with Gasteiger partial charge in [-0.1, -0.05) is 18.2 Å². The maximum Gasteiger partial charge on any atom is 0.335 e. The third-order valence-corrected chi connectivity index (χ3v) is 6.91. The topological polar surface area (TPSA) is 145 Å². The highest BCUT2D eigenvalue weighted by molar-refractivity contribution is 7.80. The van der Waals surface area contributed by atoms with Crippen molar-refractivity contribution in [2.45, 2.75) is 18.5 Å². The van der Waals surface area contributed by atoms with E-state index >= 15 is 0 Å². The molecule has 0 aliphatic carbocycles. The van der Waals surface area contributed by atoms with Crippen LogP contribution in [-0.4, -0.2) is 49.6 Å². The summed E-state index contributed by atoms with van der Waals surface area (Å²) in [5.41, 5.74) is 0.609. The quantitative estimate of drug-likeness (QED) is 0.204. The van der Waals surface area contributed by atoms with E-state index in [-0.39, 0.29) is 41.1 Å². The SMILES string of the molecule is O=C(CCN1C(=S)N[C@H](c2ccccn2)[C@H]1c1ccc(-c2cc(C(=O)O)cc(C(=O)O)c2)o1)Nc1ccccc1F. The minimum Gasteiger partial charge on any atom is -0.478 e. The number of nitrogens with one attached hydrogen (secondary N) is 2. The van der Waals surface area contributed by atoms with Gasteiger partial charge in [0.2, 0.25) is 5.91 Å². The van der Waals surface area contributed by atoms with Crippen LogP contribution in [0.3, 0.4) is 0 Å². The van der Waals surface area contributed by atoms with E-state index < -0.39 is 35.7 Å². The zero-order valence-corrected chi connectivity index (χ0v) is 22.1. The molecule has 0 spiro atoms. The molecule has 12 heteroatoms. The summed E-state index contributed by atoms with van der Waals surface area (Å²) in [4.78, 5) is 42.1. The number of aromatic nitrogens is 1. The van der Waals surface area contributed by atoms with E-state index in [9.17, 15) is 29.0 Å². The number of benzene rings is 2. The van der Waals surface area contributed by atoms with Gasteiger partial charge in [-0.2, -0.15) is 0 Å². The molecular weight excluding hydrogens is 551 g/mol. The maximum absolute atomic E-state index is 14.0. The van der Waals surface area contributed by atoms with E-state index in [0.29, 0.717) is 16.6 Å². The second-order valence-electron chi connectivity index (χ2n) is 9.21. The summed E-state index contributed by atoms with van der Waals surface area (Å²) in [6, 6.07) is 17.3. The molecule has 0 bridgehead atoms. The minimum absolute atomic E-state index is 0.0161. The van der Waals surface area contributed by atoms with Crippen molar-refractivity contribution in [1.29, 1.82) is 0 Å². The van der Waals surface area contributed by atoms with Crippen molar-refractivity contribution >= 4 is 40.9 Å². The number of furan rings is 1. The summed E-state index contributed by atoms with van der Waals surface area (Å²) in [7, 11) is 0. The van der Waals surface area contributed by atoms with Gasteiger partial charge in [-0.05, 0) is 66.8 Å². The fourth-order valence-electron chi connectivity index (χ4n) is 4.64. The Kier molecular flexibility index (Phi) is 7.74. The molecule has 208 valence electrons. The highest BCUT2D eigenvalue weighted by Crippen LogP contribution is 2.40. The highest BCUT2D eigenvalue weighted by atomic mass is 32.1. The van der Waals surface area contributed by atoms with Gasteiger partial charge < -0.3 is 30.2 Å². The largest absolute Gasteiger partial charge is 0.478 e. The van der Waals surface area contributed by atoms with Crippen LogP contribution in [0.1, 0.15) is 50.7 Å². The Hall–Kier alpha value is -5.10. The molecule has 1 aliphatic rings. The maximum atomic E-state index is 14.0. The van der Waals surface area contributed by atoms with Gasteiger partial charge in [-0.15, -0.1) is 0 Å². The summed E-state index contributed by atoms with van der Waals surface area (Å²) < 4.78 is 20.2. The first-order chi connectivity index (χ1) is 19.7. The first kappa shape index (κ1) is 27.5. The molecule has 0 unspecified atom stereocenters. The fraction of sp³-hybridized carbons (Fsp3) is 0.138. The van der Waals surface area contributed by atoms with Gasteiger partial charge in [-0.3, -0.25) is 9.78 Å². The molecule has 2 aromatic heterocycles. The number of carboxylic acid groups (broad SMARTS) is 2. The first-order valence-electron chi connectivity index (χ1n) is 12.5. The van der Waals surface area contributed by atoms with Gasteiger partial charge in [0.1, 0.15) is 23.4 Å². The molecule has 2 aromatic carbocycles. The van der Waals surface area contributed by atoms with Gasteiger partial charge in [0.05, 0.1) is 28.6 Å². The fourth-order valence-corrected chi connectivity index (χ4v) is 4.97. The normalized spacial score (nSPS) is 16.3. The van der Waals surface area contributed by atoms with Gasteiger partial charge in [0.25, 0.3) is 0 Å². The van der Waals surface area contributed by atoms with Crippen LogP contribution < -0.4 is 10.6 Å². The van der Waals surface area contributed by atoms with Crippen molar-refractivity contribution in [1.82, 2.24) is 15.2 Å². The standard InChI is InChI=1S/C29H23FN4O6S/c30-19-5-1-2-6-20(19)32-24(35)10-12-34-26(25(33-29(34)41)21-7-3-4-11-31-21)23-9-8-22(40-23)16-13-17(27(36)37)15-18(14-16)28(38)39/h1-9,11,13-15,25-26H,10,12H2,(H,32,35)(H,33,41)(H,36,37)(H,38,39)/t25-,26-/m1/s1. The second kappa shape index (κ2) is 11.6. The summed E-state index contributed by atoms with van der Waals surface area (Å²) in [6.07, 6.45) is 1.62. The number of nitrogens with zero attached hydrogens (tertiary/aromatic N) is 2. The Morgan fingerprint density at radius 2 is 1.71 bits per heavy atom. The lowest BCUT2D eigenvalue weighted by Gasteiger charge is -2.25. The Labute approximate surface area is 238 Å². The van der Waals surface area contributed by atoms with Gasteiger partial charge in [0, 0.05) is 24.7 Å². The van der Waals surface area contributed by atoms with Gasteiger partial charge >= 0.3 is 11.9 Å². The molecule has 4 N–H and O–H groups in total. The Balaban J connectivity index is 1.45. The number of aromatic carboxylic acids is 2. The van der Waals surface area contributed by atoms with Crippen LogP contribution in [0.25, 0.3) is 11.3 Å². The number of carboxylic acids is 2. The number of para-hydroxylation sites is 1. The van der Waals surface area contributed by atoms with Crippen LogP contribution >= 0.6 is 12.2 Å². The van der Waals surface area contributed by atoms with E-state index in [1.165, 1.54) is 30.3 Å². The number of carbonyl (C=O) groups excluding carboxylic acids is 1. The van der Waals surface area contributed by atoms with Crippen LogP contribution in [0.15, 0.2) is 83.4 Å². The lowest BCUT2D eigenvalue weighted by atomic mass is 10.0. The Morgan fingerprint density at radius 3 is 2.37 bits per heavy atom. The summed E-state index contributed by atoms with van der Waals surface area (Å²) >= 11 is 5.61. The highest BCUT2D eigenvalue weighted by Gasteiger charge is 2.41. The second-order valence-corrected chi connectivity index (χ2v) is 9.60. The van der Waals surface area contributed by atoms with E-state index in [1.807, 2.05) is 12.1 Å². The summed E-state index contributed by atoms with van der Waals surface area (Å²) in [5, 5.41) is 25.1. The lowest BCUT2D eigenvalue weighted by molar-refractivity contribution is -0.116. The molecule has 1 aliphatic heterocycles. The molecule has 1 amide bonds. The predicted molar refractivity (Wildman–Crippen MR) is 150 cm³/mol. The van der Waals surface area contributed by atoms with Crippen molar-refractivity contribution in [3.63, 3.8) is 0 Å².